The highest BCUT2D eigenvalue weighted by atomic mass is 32.2. The van der Waals surface area contributed by atoms with E-state index in [2.05, 4.69) is 6.07 Å². The van der Waals surface area contributed by atoms with Gasteiger partial charge in [0.05, 0.1) is 12.7 Å². The van der Waals surface area contributed by atoms with Crippen LogP contribution < -0.4 is 5.73 Å². The average Bonchev–Trinajstić information content (AvgIpc) is 2.96. The van der Waals surface area contributed by atoms with Crippen molar-refractivity contribution in [3.63, 3.8) is 0 Å². The van der Waals surface area contributed by atoms with Crippen LogP contribution in [-0.4, -0.2) is 28.3 Å². The molecule has 0 radical (unpaired) electrons. The molecule has 2 unspecified atom stereocenters. The van der Waals surface area contributed by atoms with Gasteiger partial charge in [0.1, 0.15) is 5.54 Å². The SMILES string of the molecule is CC(CO)SCC(N)(C#N)C1CC1. The van der Waals surface area contributed by atoms with E-state index in [0.29, 0.717) is 11.7 Å². The van der Waals surface area contributed by atoms with Crippen molar-refractivity contribution in [3.8, 4) is 6.07 Å². The van der Waals surface area contributed by atoms with Crippen LogP contribution in [0.2, 0.25) is 0 Å². The first-order chi connectivity index (χ1) is 6.12. The first kappa shape index (κ1) is 10.8. The van der Waals surface area contributed by atoms with Gasteiger partial charge in [-0.05, 0) is 18.8 Å². The van der Waals surface area contributed by atoms with E-state index >= 15 is 0 Å². The third kappa shape index (κ3) is 2.87. The van der Waals surface area contributed by atoms with Gasteiger partial charge in [0, 0.05) is 11.0 Å². The van der Waals surface area contributed by atoms with Crippen LogP contribution in [-0.2, 0) is 0 Å². The Labute approximate surface area is 83.3 Å². The topological polar surface area (TPSA) is 70.0 Å². The third-order valence-corrected chi connectivity index (χ3v) is 3.74. The molecule has 2 atom stereocenters. The molecule has 0 aromatic carbocycles. The Morgan fingerprint density at radius 1 is 1.77 bits per heavy atom. The fourth-order valence-corrected chi connectivity index (χ4v) is 2.14. The molecule has 0 aliphatic heterocycles. The second-order valence-corrected chi connectivity index (χ2v) is 5.16. The van der Waals surface area contributed by atoms with Gasteiger partial charge in [-0.3, -0.25) is 0 Å². The zero-order valence-electron chi connectivity index (χ0n) is 7.86. The number of hydrogen-bond acceptors (Lipinski definition) is 4. The predicted molar refractivity (Wildman–Crippen MR) is 54.3 cm³/mol. The first-order valence-corrected chi connectivity index (χ1v) is 5.60. The van der Waals surface area contributed by atoms with Crippen molar-refractivity contribution < 1.29 is 5.11 Å². The van der Waals surface area contributed by atoms with E-state index in [1.54, 1.807) is 11.8 Å². The Morgan fingerprint density at radius 3 is 2.77 bits per heavy atom. The van der Waals surface area contributed by atoms with Gasteiger partial charge in [-0.2, -0.15) is 17.0 Å². The molecule has 0 amide bonds. The minimum atomic E-state index is -0.659. The van der Waals surface area contributed by atoms with Gasteiger partial charge in [-0.15, -0.1) is 0 Å². The van der Waals surface area contributed by atoms with Crippen molar-refractivity contribution in [2.75, 3.05) is 12.4 Å². The average molecular weight is 200 g/mol. The Hall–Kier alpha value is -0.240. The standard InChI is InChI=1S/C9H16N2OS/c1-7(4-12)13-6-9(11,5-10)8-2-3-8/h7-8,12H,2-4,6,11H2,1H3. The van der Waals surface area contributed by atoms with E-state index in [4.69, 9.17) is 16.1 Å². The maximum Gasteiger partial charge on any atom is 0.116 e. The summed E-state index contributed by atoms with van der Waals surface area (Å²) in [5.74, 6) is 1.02. The molecule has 1 aliphatic rings. The highest BCUT2D eigenvalue weighted by Crippen LogP contribution is 2.39. The molecular formula is C9H16N2OS. The fraction of sp³-hybridized carbons (Fsp3) is 0.889. The van der Waals surface area contributed by atoms with E-state index < -0.39 is 5.54 Å². The van der Waals surface area contributed by atoms with E-state index in [0.717, 1.165) is 12.8 Å². The molecule has 0 aromatic heterocycles. The Bertz CT molecular complexity index is 212. The molecule has 74 valence electrons. The zero-order chi connectivity index (χ0) is 9.90. The number of hydrogen-bond donors (Lipinski definition) is 2. The highest BCUT2D eigenvalue weighted by Gasteiger charge is 2.42. The molecule has 1 aliphatic carbocycles. The lowest BCUT2D eigenvalue weighted by Crippen LogP contribution is -2.43. The molecule has 4 heteroatoms. The normalized spacial score (nSPS) is 23.2. The van der Waals surface area contributed by atoms with Crippen LogP contribution in [0.15, 0.2) is 0 Å². The van der Waals surface area contributed by atoms with E-state index in [-0.39, 0.29) is 11.9 Å². The lowest BCUT2D eigenvalue weighted by atomic mass is 10.00. The van der Waals surface area contributed by atoms with Crippen molar-refractivity contribution in [1.82, 2.24) is 0 Å². The molecule has 1 rings (SSSR count). The number of nitrogens with zero attached hydrogens (tertiary/aromatic N) is 1. The summed E-state index contributed by atoms with van der Waals surface area (Å²) in [6, 6.07) is 2.20. The van der Waals surface area contributed by atoms with Gasteiger partial charge in [0.2, 0.25) is 0 Å². The predicted octanol–water partition coefficient (Wildman–Crippen LogP) is 0.731. The summed E-state index contributed by atoms with van der Waals surface area (Å²) in [7, 11) is 0. The van der Waals surface area contributed by atoms with Crippen molar-refractivity contribution >= 4 is 11.8 Å². The Kier molecular flexibility index (Phi) is 3.60. The molecule has 0 saturated heterocycles. The first-order valence-electron chi connectivity index (χ1n) is 4.55. The van der Waals surface area contributed by atoms with Crippen LogP contribution in [0.25, 0.3) is 0 Å². The smallest absolute Gasteiger partial charge is 0.116 e. The van der Waals surface area contributed by atoms with Gasteiger partial charge in [-0.25, -0.2) is 0 Å². The van der Waals surface area contributed by atoms with Crippen molar-refractivity contribution in [3.05, 3.63) is 0 Å². The summed E-state index contributed by atoms with van der Waals surface area (Å²) < 4.78 is 0. The second-order valence-electron chi connectivity index (χ2n) is 3.73. The third-order valence-electron chi connectivity index (χ3n) is 2.38. The van der Waals surface area contributed by atoms with Gasteiger partial charge in [0.15, 0.2) is 0 Å². The van der Waals surface area contributed by atoms with Gasteiger partial charge in [0.25, 0.3) is 0 Å². The minimum absolute atomic E-state index is 0.150. The lowest BCUT2D eigenvalue weighted by molar-refractivity contribution is 0.300. The summed E-state index contributed by atoms with van der Waals surface area (Å²) in [5.41, 5.74) is 5.28. The highest BCUT2D eigenvalue weighted by molar-refractivity contribution is 8.00. The molecule has 1 fully saturated rings. The number of rotatable bonds is 5. The molecule has 1 saturated carbocycles. The summed E-state index contributed by atoms with van der Waals surface area (Å²) in [6.07, 6.45) is 2.16. The quantitative estimate of drug-likeness (QED) is 0.686. The van der Waals surface area contributed by atoms with Crippen LogP contribution in [0.5, 0.6) is 0 Å². The monoisotopic (exact) mass is 200 g/mol. The van der Waals surface area contributed by atoms with Crippen LogP contribution in [0.1, 0.15) is 19.8 Å². The molecule has 0 aromatic rings. The summed E-state index contributed by atoms with van der Waals surface area (Å²) >= 11 is 1.58. The summed E-state index contributed by atoms with van der Waals surface area (Å²) in [5, 5.41) is 17.9. The molecule has 0 heterocycles. The van der Waals surface area contributed by atoms with E-state index in [9.17, 15) is 0 Å². The van der Waals surface area contributed by atoms with Crippen molar-refractivity contribution in [1.29, 1.82) is 5.26 Å². The summed E-state index contributed by atoms with van der Waals surface area (Å²) in [4.78, 5) is 0. The van der Waals surface area contributed by atoms with Crippen LogP contribution in [0.4, 0.5) is 0 Å². The zero-order valence-corrected chi connectivity index (χ0v) is 8.68. The number of thioether (sulfide) groups is 1. The van der Waals surface area contributed by atoms with Crippen LogP contribution >= 0.6 is 11.8 Å². The lowest BCUT2D eigenvalue weighted by Gasteiger charge is -2.21. The maximum absolute atomic E-state index is 8.93. The van der Waals surface area contributed by atoms with Crippen LogP contribution in [0, 0.1) is 17.2 Å². The minimum Gasteiger partial charge on any atom is -0.395 e. The Balaban J connectivity index is 2.36. The van der Waals surface area contributed by atoms with Gasteiger partial charge in [-0.1, -0.05) is 6.92 Å². The van der Waals surface area contributed by atoms with Gasteiger partial charge >= 0.3 is 0 Å². The second kappa shape index (κ2) is 4.32. The summed E-state index contributed by atoms with van der Waals surface area (Å²) in [6.45, 7) is 2.09. The van der Waals surface area contributed by atoms with E-state index in [1.165, 1.54) is 0 Å². The molecule has 0 bridgehead atoms. The maximum atomic E-state index is 8.93. The fourth-order valence-electron chi connectivity index (χ4n) is 1.17. The van der Waals surface area contributed by atoms with E-state index in [1.807, 2.05) is 6.92 Å². The molecular weight excluding hydrogens is 184 g/mol. The van der Waals surface area contributed by atoms with Gasteiger partial charge < -0.3 is 10.8 Å². The molecule has 3 N–H and O–H groups in total. The van der Waals surface area contributed by atoms with Crippen molar-refractivity contribution in [2.45, 2.75) is 30.6 Å². The largest absolute Gasteiger partial charge is 0.395 e. The van der Waals surface area contributed by atoms with Crippen LogP contribution in [0.3, 0.4) is 0 Å². The number of nitriles is 1. The number of aliphatic hydroxyl groups excluding tert-OH is 1. The molecule has 3 nitrogen and oxygen atoms in total. The Morgan fingerprint density at radius 2 is 2.38 bits per heavy atom. The number of aliphatic hydroxyl groups is 1. The number of nitrogens with two attached hydrogens (primary N) is 1. The van der Waals surface area contributed by atoms with Crippen molar-refractivity contribution in [2.24, 2.45) is 11.7 Å². The molecule has 13 heavy (non-hydrogen) atoms. The molecule has 0 spiro atoms.